The van der Waals surface area contributed by atoms with Crippen molar-refractivity contribution in [3.8, 4) is 0 Å². The molecule has 0 aromatic rings. The Morgan fingerprint density at radius 2 is 2.21 bits per heavy atom. The van der Waals surface area contributed by atoms with Crippen molar-refractivity contribution in [3.05, 3.63) is 0 Å². The number of likely N-dealkylation sites (N-methyl/N-ethyl adjacent to an activating group) is 1. The van der Waals surface area contributed by atoms with Crippen LogP contribution in [-0.2, 0) is 9.53 Å². The highest BCUT2D eigenvalue weighted by Crippen LogP contribution is 2.02. The number of carbonyl (C=O) groups excluding carboxylic acids is 1. The zero-order valence-electron chi connectivity index (χ0n) is 9.06. The zero-order chi connectivity index (χ0) is 11.1. The fourth-order valence-corrected chi connectivity index (χ4v) is 0.970. The second-order valence-corrected chi connectivity index (χ2v) is 3.33. The second-order valence-electron chi connectivity index (χ2n) is 3.33. The minimum Gasteiger partial charge on any atom is -0.394 e. The summed E-state index contributed by atoms with van der Waals surface area (Å²) in [6.45, 7) is 2.06. The van der Waals surface area contributed by atoms with Crippen LogP contribution in [0, 0.1) is 0 Å². The Balaban J connectivity index is 4.06. The van der Waals surface area contributed by atoms with Crippen molar-refractivity contribution in [2.24, 2.45) is 5.73 Å². The Morgan fingerprint density at radius 1 is 1.64 bits per heavy atom. The molecule has 0 radical (unpaired) electrons. The number of hydrogen-bond donors (Lipinski definition) is 2. The molecule has 0 saturated carbocycles. The molecule has 0 aliphatic carbocycles. The molecule has 0 aliphatic rings. The molecule has 3 N–H and O–H groups in total. The van der Waals surface area contributed by atoms with Crippen molar-refractivity contribution in [1.82, 2.24) is 4.90 Å². The van der Waals surface area contributed by atoms with Gasteiger partial charge in [-0.2, -0.15) is 0 Å². The minimum atomic E-state index is -0.240. The third-order valence-corrected chi connectivity index (χ3v) is 2.32. The highest BCUT2D eigenvalue weighted by molar-refractivity contribution is 5.76. The lowest BCUT2D eigenvalue weighted by Crippen LogP contribution is -2.40. The number of methoxy groups -OCH3 is 1. The molecular weight excluding hydrogens is 184 g/mol. The van der Waals surface area contributed by atoms with E-state index in [1.54, 1.807) is 14.0 Å². The number of ether oxygens (including phenoxy) is 1. The Hall–Kier alpha value is -0.650. The molecule has 0 fully saturated rings. The first-order valence-electron chi connectivity index (χ1n) is 4.66. The van der Waals surface area contributed by atoms with Gasteiger partial charge in [0.2, 0.25) is 5.91 Å². The lowest BCUT2D eigenvalue weighted by atomic mass is 10.2. The van der Waals surface area contributed by atoms with E-state index in [4.69, 9.17) is 15.6 Å². The summed E-state index contributed by atoms with van der Waals surface area (Å²) in [6.07, 6.45) is 0.0178. The van der Waals surface area contributed by atoms with Crippen LogP contribution in [0.15, 0.2) is 0 Å². The normalized spacial score (nSPS) is 14.9. The molecule has 0 saturated heterocycles. The lowest BCUT2D eigenvalue weighted by Gasteiger charge is -2.24. The van der Waals surface area contributed by atoms with Crippen LogP contribution in [0.5, 0.6) is 0 Å². The highest BCUT2D eigenvalue weighted by Gasteiger charge is 2.18. The van der Waals surface area contributed by atoms with E-state index in [9.17, 15) is 4.79 Å². The minimum absolute atomic E-state index is 0.0392. The van der Waals surface area contributed by atoms with Crippen LogP contribution in [0.2, 0.25) is 0 Å². The summed E-state index contributed by atoms with van der Waals surface area (Å²) < 4.78 is 5.00. The summed E-state index contributed by atoms with van der Waals surface area (Å²) in [7, 11) is 3.19. The standard InChI is InChI=1S/C9H20N2O3/c1-7(6-12)11(2)9(13)4-8(5-10)14-3/h7-8,12H,4-6,10H2,1-3H3. The SMILES string of the molecule is COC(CN)CC(=O)N(C)C(C)CO. The van der Waals surface area contributed by atoms with Crippen LogP contribution in [0.25, 0.3) is 0 Å². The zero-order valence-corrected chi connectivity index (χ0v) is 9.06. The summed E-state index contributed by atoms with van der Waals surface area (Å²) in [5.74, 6) is -0.0659. The molecule has 5 nitrogen and oxygen atoms in total. The Kier molecular flexibility index (Phi) is 6.44. The summed E-state index contributed by atoms with van der Waals surface area (Å²) in [5.41, 5.74) is 5.40. The van der Waals surface area contributed by atoms with Crippen LogP contribution in [0.3, 0.4) is 0 Å². The number of hydrogen-bond acceptors (Lipinski definition) is 4. The van der Waals surface area contributed by atoms with E-state index in [-0.39, 0.29) is 31.1 Å². The fraction of sp³-hybridized carbons (Fsp3) is 0.889. The number of nitrogens with zero attached hydrogens (tertiary/aromatic N) is 1. The molecule has 0 aliphatic heterocycles. The molecule has 2 unspecified atom stereocenters. The maximum Gasteiger partial charge on any atom is 0.225 e. The van der Waals surface area contributed by atoms with Crippen LogP contribution < -0.4 is 5.73 Å². The molecule has 1 amide bonds. The average Bonchev–Trinajstić information content (AvgIpc) is 2.23. The van der Waals surface area contributed by atoms with E-state index >= 15 is 0 Å². The highest BCUT2D eigenvalue weighted by atomic mass is 16.5. The van der Waals surface area contributed by atoms with Gasteiger partial charge in [0, 0.05) is 20.7 Å². The van der Waals surface area contributed by atoms with Gasteiger partial charge in [-0.1, -0.05) is 0 Å². The maximum absolute atomic E-state index is 11.6. The van der Waals surface area contributed by atoms with Gasteiger partial charge in [0.25, 0.3) is 0 Å². The Morgan fingerprint density at radius 3 is 2.57 bits per heavy atom. The van der Waals surface area contributed by atoms with Crippen molar-refractivity contribution >= 4 is 5.91 Å². The van der Waals surface area contributed by atoms with Crippen molar-refractivity contribution < 1.29 is 14.6 Å². The van der Waals surface area contributed by atoms with Gasteiger partial charge in [-0.3, -0.25) is 4.79 Å². The predicted molar refractivity (Wildman–Crippen MR) is 53.8 cm³/mol. The fourth-order valence-electron chi connectivity index (χ4n) is 0.970. The van der Waals surface area contributed by atoms with Crippen LogP contribution in [-0.4, -0.2) is 55.4 Å². The molecule has 0 heterocycles. The van der Waals surface area contributed by atoms with E-state index in [1.807, 2.05) is 0 Å². The van der Waals surface area contributed by atoms with Crippen LogP contribution >= 0.6 is 0 Å². The van der Waals surface area contributed by atoms with Crippen molar-refractivity contribution in [2.45, 2.75) is 25.5 Å². The van der Waals surface area contributed by atoms with E-state index < -0.39 is 0 Å². The van der Waals surface area contributed by atoms with E-state index in [0.717, 1.165) is 0 Å². The largest absolute Gasteiger partial charge is 0.394 e. The van der Waals surface area contributed by atoms with Crippen LogP contribution in [0.4, 0.5) is 0 Å². The lowest BCUT2D eigenvalue weighted by molar-refractivity contribution is -0.134. The monoisotopic (exact) mass is 204 g/mol. The first kappa shape index (κ1) is 13.4. The van der Waals surface area contributed by atoms with Gasteiger partial charge in [-0.05, 0) is 6.92 Å². The van der Waals surface area contributed by atoms with Gasteiger partial charge in [-0.25, -0.2) is 0 Å². The molecule has 2 atom stereocenters. The van der Waals surface area contributed by atoms with E-state index in [2.05, 4.69) is 0 Å². The second kappa shape index (κ2) is 6.75. The summed E-state index contributed by atoms with van der Waals surface area (Å²) in [5, 5.41) is 8.85. The predicted octanol–water partition coefficient (Wildman–Crippen LogP) is -0.811. The molecule has 0 aromatic heterocycles. The smallest absolute Gasteiger partial charge is 0.225 e. The summed E-state index contributed by atoms with van der Waals surface area (Å²) >= 11 is 0. The number of carbonyl (C=O) groups is 1. The van der Waals surface area contributed by atoms with Crippen molar-refractivity contribution in [3.63, 3.8) is 0 Å². The number of aliphatic hydroxyl groups excluding tert-OH is 1. The number of amides is 1. The van der Waals surface area contributed by atoms with E-state index in [1.165, 1.54) is 12.0 Å². The first-order chi connectivity index (χ1) is 6.56. The molecule has 0 rings (SSSR count). The van der Waals surface area contributed by atoms with Crippen LogP contribution in [0.1, 0.15) is 13.3 Å². The quantitative estimate of drug-likeness (QED) is 0.593. The number of nitrogens with two attached hydrogens (primary N) is 1. The number of aliphatic hydroxyl groups is 1. The molecule has 14 heavy (non-hydrogen) atoms. The van der Waals surface area contributed by atoms with Gasteiger partial charge in [-0.15, -0.1) is 0 Å². The van der Waals surface area contributed by atoms with Gasteiger partial charge in [0.15, 0.2) is 0 Å². The van der Waals surface area contributed by atoms with Crippen molar-refractivity contribution in [2.75, 3.05) is 27.3 Å². The van der Waals surface area contributed by atoms with E-state index in [0.29, 0.717) is 6.54 Å². The van der Waals surface area contributed by atoms with Crippen molar-refractivity contribution in [1.29, 1.82) is 0 Å². The summed E-state index contributed by atoms with van der Waals surface area (Å²) in [6, 6.07) is -0.169. The van der Waals surface area contributed by atoms with Gasteiger partial charge in [0.1, 0.15) is 0 Å². The topological polar surface area (TPSA) is 75.8 Å². The average molecular weight is 204 g/mol. The molecule has 0 spiro atoms. The van der Waals surface area contributed by atoms with Gasteiger partial charge in [0.05, 0.1) is 25.2 Å². The third-order valence-electron chi connectivity index (χ3n) is 2.32. The Labute approximate surface area is 84.8 Å². The third kappa shape index (κ3) is 4.04. The molecule has 5 heteroatoms. The van der Waals surface area contributed by atoms with Gasteiger partial charge >= 0.3 is 0 Å². The van der Waals surface area contributed by atoms with Gasteiger partial charge < -0.3 is 20.5 Å². The maximum atomic E-state index is 11.6. The molecular formula is C9H20N2O3. The Bertz CT molecular complexity index is 171. The molecule has 84 valence electrons. The first-order valence-corrected chi connectivity index (χ1v) is 4.66. The molecule has 0 aromatic carbocycles. The number of rotatable bonds is 6. The summed E-state index contributed by atoms with van der Waals surface area (Å²) in [4.78, 5) is 13.1. The molecule has 0 bridgehead atoms.